The molecule has 0 bridgehead atoms. The lowest BCUT2D eigenvalue weighted by molar-refractivity contribution is -0.137. The minimum absolute atomic E-state index is 0.0601. The molecule has 0 fully saturated rings. The largest absolute Gasteiger partial charge is 0.481 e. The van der Waals surface area contributed by atoms with E-state index in [2.05, 4.69) is 10.6 Å². The van der Waals surface area contributed by atoms with Gasteiger partial charge in [0.25, 0.3) is 0 Å². The van der Waals surface area contributed by atoms with Gasteiger partial charge in [0.1, 0.15) is 5.82 Å². The molecular weight excluding hydrogens is 299 g/mol. The van der Waals surface area contributed by atoms with Crippen molar-refractivity contribution in [1.29, 1.82) is 0 Å². The average Bonchev–Trinajstić information content (AvgIpc) is 2.40. The number of nitrogens with one attached hydrogen (secondary N) is 2. The Kier molecular flexibility index (Phi) is 6.94. The second-order valence-electron chi connectivity index (χ2n) is 4.84. The van der Waals surface area contributed by atoms with E-state index in [9.17, 15) is 14.0 Å². The molecule has 0 radical (unpaired) electrons. The zero-order chi connectivity index (χ0) is 15.8. The number of carboxylic acid groups (broad SMARTS) is 1. The summed E-state index contributed by atoms with van der Waals surface area (Å²) in [7, 11) is 0. The third-order valence-electron chi connectivity index (χ3n) is 2.95. The molecular formula is C14H18ClFN2O3. The first-order valence-electron chi connectivity index (χ1n) is 6.60. The number of urea groups is 1. The minimum atomic E-state index is -0.819. The fourth-order valence-corrected chi connectivity index (χ4v) is 1.88. The Morgan fingerprint density at radius 2 is 2.10 bits per heavy atom. The van der Waals surface area contributed by atoms with Gasteiger partial charge in [0.05, 0.1) is 5.02 Å². The number of hydrogen-bond acceptors (Lipinski definition) is 2. The summed E-state index contributed by atoms with van der Waals surface area (Å²) >= 11 is 5.61. The lowest BCUT2D eigenvalue weighted by atomic mass is 10.0. The molecule has 116 valence electrons. The van der Waals surface area contributed by atoms with E-state index in [0.29, 0.717) is 25.1 Å². The summed E-state index contributed by atoms with van der Waals surface area (Å²) in [5.41, 5.74) is 0.401. The number of halogens is 2. The van der Waals surface area contributed by atoms with Crippen LogP contribution in [-0.2, 0) is 4.79 Å². The number of carbonyl (C=O) groups excluding carboxylic acids is 1. The fraction of sp³-hybridized carbons (Fsp3) is 0.429. The number of benzene rings is 1. The summed E-state index contributed by atoms with van der Waals surface area (Å²) in [5.74, 6) is -1.16. The van der Waals surface area contributed by atoms with Crippen LogP contribution >= 0.6 is 11.6 Å². The van der Waals surface area contributed by atoms with E-state index in [1.165, 1.54) is 18.2 Å². The van der Waals surface area contributed by atoms with Crippen molar-refractivity contribution in [3.8, 4) is 0 Å². The van der Waals surface area contributed by atoms with Crippen molar-refractivity contribution in [2.24, 2.45) is 5.92 Å². The molecule has 1 rings (SSSR count). The Balaban J connectivity index is 2.27. The van der Waals surface area contributed by atoms with Crippen molar-refractivity contribution in [2.45, 2.75) is 26.2 Å². The first-order chi connectivity index (χ1) is 9.88. The zero-order valence-electron chi connectivity index (χ0n) is 11.7. The summed E-state index contributed by atoms with van der Waals surface area (Å²) < 4.78 is 13.0. The quantitative estimate of drug-likeness (QED) is 0.720. The lowest BCUT2D eigenvalue weighted by Crippen LogP contribution is -2.30. The van der Waals surface area contributed by atoms with Gasteiger partial charge in [0.2, 0.25) is 0 Å². The Morgan fingerprint density at radius 1 is 1.38 bits per heavy atom. The van der Waals surface area contributed by atoms with Gasteiger partial charge in [-0.3, -0.25) is 4.79 Å². The fourth-order valence-electron chi connectivity index (χ4n) is 1.70. The van der Waals surface area contributed by atoms with E-state index in [1.54, 1.807) is 0 Å². The zero-order valence-corrected chi connectivity index (χ0v) is 12.4. The van der Waals surface area contributed by atoms with Crippen LogP contribution in [0.15, 0.2) is 18.2 Å². The summed E-state index contributed by atoms with van der Waals surface area (Å²) in [5, 5.41) is 13.7. The van der Waals surface area contributed by atoms with Crippen molar-refractivity contribution >= 4 is 29.3 Å². The molecule has 0 aromatic heterocycles. The molecule has 5 nitrogen and oxygen atoms in total. The number of anilines is 1. The third-order valence-corrected chi connectivity index (χ3v) is 3.24. The molecule has 0 aliphatic heterocycles. The van der Waals surface area contributed by atoms with E-state index in [0.717, 1.165) is 0 Å². The molecule has 0 aliphatic rings. The first kappa shape index (κ1) is 17.2. The van der Waals surface area contributed by atoms with Gasteiger partial charge in [-0.25, -0.2) is 9.18 Å². The number of carboxylic acids is 1. The first-order valence-corrected chi connectivity index (χ1v) is 6.98. The molecule has 0 saturated heterocycles. The van der Waals surface area contributed by atoms with E-state index in [-0.39, 0.29) is 17.4 Å². The SMILES string of the molecule is CC(CCNC(=O)Nc1ccc(F)c(Cl)c1)CCC(=O)O. The predicted molar refractivity (Wildman–Crippen MR) is 79.1 cm³/mol. The van der Waals surface area contributed by atoms with E-state index in [4.69, 9.17) is 16.7 Å². The van der Waals surface area contributed by atoms with Crippen LogP contribution in [0.25, 0.3) is 0 Å². The molecule has 0 saturated carbocycles. The van der Waals surface area contributed by atoms with Crippen LogP contribution in [0, 0.1) is 11.7 Å². The van der Waals surface area contributed by atoms with Crippen molar-refractivity contribution in [3.05, 3.63) is 29.0 Å². The second-order valence-corrected chi connectivity index (χ2v) is 5.24. The van der Waals surface area contributed by atoms with Gasteiger partial charge < -0.3 is 15.7 Å². The maximum absolute atomic E-state index is 13.0. The summed E-state index contributed by atoms with van der Waals surface area (Å²) in [6.45, 7) is 2.36. The van der Waals surface area contributed by atoms with Crippen molar-refractivity contribution in [1.82, 2.24) is 5.32 Å². The van der Waals surface area contributed by atoms with Crippen LogP contribution in [0.1, 0.15) is 26.2 Å². The van der Waals surface area contributed by atoms with Crippen LogP contribution in [0.3, 0.4) is 0 Å². The van der Waals surface area contributed by atoms with Crippen molar-refractivity contribution in [3.63, 3.8) is 0 Å². The smallest absolute Gasteiger partial charge is 0.319 e. The van der Waals surface area contributed by atoms with E-state index in [1.807, 2.05) is 6.92 Å². The highest BCUT2D eigenvalue weighted by atomic mass is 35.5. The van der Waals surface area contributed by atoms with Gasteiger partial charge in [-0.1, -0.05) is 18.5 Å². The van der Waals surface area contributed by atoms with Crippen molar-refractivity contribution in [2.75, 3.05) is 11.9 Å². The predicted octanol–water partition coefficient (Wildman–Crippen LogP) is 3.49. The van der Waals surface area contributed by atoms with Gasteiger partial charge in [0.15, 0.2) is 0 Å². The Morgan fingerprint density at radius 3 is 2.71 bits per heavy atom. The van der Waals surface area contributed by atoms with Crippen LogP contribution < -0.4 is 10.6 Å². The van der Waals surface area contributed by atoms with E-state index >= 15 is 0 Å². The maximum Gasteiger partial charge on any atom is 0.319 e. The summed E-state index contributed by atoms with van der Waals surface area (Å²) in [6.07, 6.45) is 1.39. The summed E-state index contributed by atoms with van der Waals surface area (Å²) in [6, 6.07) is 3.50. The Hall–Kier alpha value is -1.82. The average molecular weight is 317 g/mol. The molecule has 1 aromatic rings. The number of amides is 2. The Labute approximate surface area is 127 Å². The highest BCUT2D eigenvalue weighted by Crippen LogP contribution is 2.19. The lowest BCUT2D eigenvalue weighted by Gasteiger charge is -2.11. The normalized spacial score (nSPS) is 11.8. The maximum atomic E-state index is 13.0. The number of hydrogen-bond donors (Lipinski definition) is 3. The van der Waals surface area contributed by atoms with Gasteiger partial charge in [-0.15, -0.1) is 0 Å². The standard InChI is InChI=1S/C14H18ClFN2O3/c1-9(2-5-13(19)20)6-7-17-14(21)18-10-3-4-12(16)11(15)8-10/h3-4,8-9H,2,5-7H2,1H3,(H,19,20)(H2,17,18,21). The van der Waals surface area contributed by atoms with Crippen LogP contribution in [0.5, 0.6) is 0 Å². The van der Waals surface area contributed by atoms with E-state index < -0.39 is 17.8 Å². The molecule has 2 amide bonds. The molecule has 7 heteroatoms. The topological polar surface area (TPSA) is 78.4 Å². The molecule has 3 N–H and O–H groups in total. The van der Waals surface area contributed by atoms with Crippen LogP contribution in [0.4, 0.5) is 14.9 Å². The number of carbonyl (C=O) groups is 2. The molecule has 0 heterocycles. The molecule has 0 spiro atoms. The molecule has 0 aliphatic carbocycles. The van der Waals surface area contributed by atoms with Gasteiger partial charge in [-0.05, 0) is 37.0 Å². The molecule has 1 atom stereocenters. The minimum Gasteiger partial charge on any atom is -0.481 e. The second kappa shape index (κ2) is 8.46. The van der Waals surface area contributed by atoms with Gasteiger partial charge in [-0.2, -0.15) is 0 Å². The monoisotopic (exact) mass is 316 g/mol. The highest BCUT2D eigenvalue weighted by molar-refractivity contribution is 6.31. The van der Waals surface area contributed by atoms with Gasteiger partial charge >= 0.3 is 12.0 Å². The molecule has 1 unspecified atom stereocenters. The highest BCUT2D eigenvalue weighted by Gasteiger charge is 2.07. The van der Waals surface area contributed by atoms with Gasteiger partial charge in [0, 0.05) is 18.7 Å². The van der Waals surface area contributed by atoms with Crippen LogP contribution in [0.2, 0.25) is 5.02 Å². The van der Waals surface area contributed by atoms with Crippen molar-refractivity contribution < 1.29 is 19.1 Å². The molecule has 21 heavy (non-hydrogen) atoms. The van der Waals surface area contributed by atoms with Crippen LogP contribution in [-0.4, -0.2) is 23.7 Å². The molecule has 1 aromatic carbocycles. The number of rotatable bonds is 7. The third kappa shape index (κ3) is 6.94. The Bertz CT molecular complexity index is 511. The number of aliphatic carboxylic acids is 1. The summed E-state index contributed by atoms with van der Waals surface area (Å²) in [4.78, 5) is 22.0.